The molecule has 0 spiro atoms. The zero-order valence-electron chi connectivity index (χ0n) is 13.2. The molecule has 0 radical (unpaired) electrons. The van der Waals surface area contributed by atoms with Crippen LogP contribution in [-0.4, -0.2) is 23.3 Å². The lowest BCUT2D eigenvalue weighted by molar-refractivity contribution is -0.0123. The van der Waals surface area contributed by atoms with Crippen molar-refractivity contribution in [1.82, 2.24) is 5.32 Å². The Morgan fingerprint density at radius 3 is 2.11 bits per heavy atom. The van der Waals surface area contributed by atoms with Crippen LogP contribution in [0.3, 0.4) is 0 Å². The minimum Gasteiger partial charge on any atom is -0.389 e. The van der Waals surface area contributed by atoms with Gasteiger partial charge in [-0.25, -0.2) is 0 Å². The van der Waals surface area contributed by atoms with Crippen LogP contribution < -0.4 is 5.32 Å². The van der Waals surface area contributed by atoms with Gasteiger partial charge < -0.3 is 10.4 Å². The molecule has 2 nitrogen and oxygen atoms in total. The Kier molecular flexibility index (Phi) is 4.94. The Bertz CT molecular complexity index is 269. The summed E-state index contributed by atoms with van der Waals surface area (Å²) >= 11 is 0. The van der Waals surface area contributed by atoms with Crippen molar-refractivity contribution in [2.75, 3.05) is 6.54 Å². The lowest BCUT2D eigenvalue weighted by Crippen LogP contribution is -2.47. The molecule has 0 bridgehead atoms. The Morgan fingerprint density at radius 1 is 1.00 bits per heavy atom. The smallest absolute Gasteiger partial charge is 0.0771 e. The highest BCUT2D eigenvalue weighted by Crippen LogP contribution is 2.36. The molecular weight excluding hydrogens is 234 g/mol. The highest BCUT2D eigenvalue weighted by atomic mass is 16.3. The quantitative estimate of drug-likeness (QED) is 0.810. The average Bonchev–Trinajstić information content (AvgIpc) is 2.39. The van der Waals surface area contributed by atoms with E-state index in [0.29, 0.717) is 11.5 Å². The Labute approximate surface area is 119 Å². The van der Waals surface area contributed by atoms with Crippen LogP contribution >= 0.6 is 0 Å². The number of hydrogen-bond donors (Lipinski definition) is 2. The van der Waals surface area contributed by atoms with Crippen molar-refractivity contribution in [3.8, 4) is 0 Å². The first-order valence-corrected chi connectivity index (χ1v) is 8.38. The lowest BCUT2D eigenvalue weighted by atomic mass is 9.75. The van der Waals surface area contributed by atoms with Crippen molar-refractivity contribution in [3.05, 3.63) is 0 Å². The second-order valence-electron chi connectivity index (χ2n) is 7.90. The van der Waals surface area contributed by atoms with Crippen LogP contribution in [0.15, 0.2) is 0 Å². The van der Waals surface area contributed by atoms with Crippen molar-refractivity contribution < 1.29 is 5.11 Å². The zero-order chi connectivity index (χ0) is 13.9. The number of hydrogen-bond acceptors (Lipinski definition) is 2. The fourth-order valence-corrected chi connectivity index (χ4v) is 3.74. The van der Waals surface area contributed by atoms with Crippen molar-refractivity contribution in [2.45, 2.75) is 90.2 Å². The molecule has 0 aromatic rings. The van der Waals surface area contributed by atoms with Crippen LogP contribution in [-0.2, 0) is 0 Å². The van der Waals surface area contributed by atoms with Gasteiger partial charge in [0.05, 0.1) is 5.60 Å². The summed E-state index contributed by atoms with van der Waals surface area (Å²) in [6.07, 6.45) is 10.9. The molecular formula is C17H33NO. The molecule has 19 heavy (non-hydrogen) atoms. The molecule has 0 aliphatic heterocycles. The van der Waals surface area contributed by atoms with Gasteiger partial charge in [0.25, 0.3) is 0 Å². The molecule has 0 unspecified atom stereocenters. The van der Waals surface area contributed by atoms with Gasteiger partial charge >= 0.3 is 0 Å². The molecule has 0 heterocycles. The van der Waals surface area contributed by atoms with Crippen molar-refractivity contribution in [1.29, 1.82) is 0 Å². The molecule has 2 aliphatic carbocycles. The van der Waals surface area contributed by atoms with Gasteiger partial charge in [0.2, 0.25) is 0 Å². The third-order valence-corrected chi connectivity index (χ3v) is 5.67. The largest absolute Gasteiger partial charge is 0.389 e. The summed E-state index contributed by atoms with van der Waals surface area (Å²) in [5.41, 5.74) is 0.118. The predicted octanol–water partition coefficient (Wildman–Crippen LogP) is 3.88. The lowest BCUT2D eigenvalue weighted by Gasteiger charge is -2.39. The van der Waals surface area contributed by atoms with E-state index < -0.39 is 5.60 Å². The van der Waals surface area contributed by atoms with Crippen molar-refractivity contribution >= 4 is 0 Å². The SMILES string of the molecule is CCC1CCC(O)(CNC2CCC(C)(C)CC2)CC1. The van der Waals surface area contributed by atoms with Gasteiger partial charge in [-0.15, -0.1) is 0 Å². The van der Waals surface area contributed by atoms with E-state index in [-0.39, 0.29) is 0 Å². The minimum absolute atomic E-state index is 0.418. The highest BCUT2D eigenvalue weighted by Gasteiger charge is 2.34. The maximum Gasteiger partial charge on any atom is 0.0771 e. The van der Waals surface area contributed by atoms with E-state index in [1.807, 2.05) is 0 Å². The van der Waals surface area contributed by atoms with E-state index in [0.717, 1.165) is 25.3 Å². The molecule has 0 amide bonds. The standard InChI is InChI=1S/C17H33NO/c1-4-14-5-11-17(19,12-6-14)13-18-15-7-9-16(2,3)10-8-15/h14-15,18-19H,4-13H2,1-3H3. The van der Waals surface area contributed by atoms with E-state index >= 15 is 0 Å². The van der Waals surface area contributed by atoms with E-state index in [4.69, 9.17) is 0 Å². The molecule has 2 rings (SSSR count). The van der Waals surface area contributed by atoms with Crippen LogP contribution in [0.4, 0.5) is 0 Å². The summed E-state index contributed by atoms with van der Waals surface area (Å²) in [6, 6.07) is 0.640. The topological polar surface area (TPSA) is 32.3 Å². The van der Waals surface area contributed by atoms with E-state index in [1.54, 1.807) is 0 Å². The monoisotopic (exact) mass is 267 g/mol. The number of aliphatic hydroxyl groups is 1. The predicted molar refractivity (Wildman–Crippen MR) is 81.2 cm³/mol. The fourth-order valence-electron chi connectivity index (χ4n) is 3.74. The molecule has 0 saturated heterocycles. The Hall–Kier alpha value is -0.0800. The van der Waals surface area contributed by atoms with Gasteiger partial charge in [0, 0.05) is 12.6 Å². The van der Waals surface area contributed by atoms with Crippen LogP contribution in [0.5, 0.6) is 0 Å². The molecule has 2 aliphatic rings. The molecule has 2 heteroatoms. The van der Waals surface area contributed by atoms with Gasteiger partial charge in [0.15, 0.2) is 0 Å². The fraction of sp³-hybridized carbons (Fsp3) is 1.00. The third kappa shape index (κ3) is 4.46. The summed E-state index contributed by atoms with van der Waals surface area (Å²) in [5, 5.41) is 14.3. The zero-order valence-corrected chi connectivity index (χ0v) is 13.2. The van der Waals surface area contributed by atoms with Crippen LogP contribution in [0.2, 0.25) is 0 Å². The average molecular weight is 267 g/mol. The second-order valence-corrected chi connectivity index (χ2v) is 7.90. The summed E-state index contributed by atoms with van der Waals surface area (Å²) in [5.74, 6) is 0.857. The first kappa shape index (κ1) is 15.3. The third-order valence-electron chi connectivity index (χ3n) is 5.67. The maximum atomic E-state index is 10.7. The molecule has 2 saturated carbocycles. The molecule has 112 valence electrons. The van der Waals surface area contributed by atoms with Gasteiger partial charge in [-0.3, -0.25) is 0 Å². The molecule has 0 atom stereocenters. The summed E-state index contributed by atoms with van der Waals surface area (Å²) in [4.78, 5) is 0. The number of rotatable bonds is 4. The first-order valence-electron chi connectivity index (χ1n) is 8.38. The maximum absolute atomic E-state index is 10.7. The minimum atomic E-state index is -0.418. The van der Waals surface area contributed by atoms with Gasteiger partial charge in [-0.05, 0) is 62.7 Å². The highest BCUT2D eigenvalue weighted by molar-refractivity contribution is 4.90. The Morgan fingerprint density at radius 2 is 1.58 bits per heavy atom. The molecule has 0 aromatic carbocycles. The number of nitrogens with one attached hydrogen (secondary N) is 1. The Balaban J connectivity index is 1.71. The normalized spacial score (nSPS) is 36.3. The second kappa shape index (κ2) is 6.13. The van der Waals surface area contributed by atoms with Gasteiger partial charge in [-0.1, -0.05) is 27.2 Å². The van der Waals surface area contributed by atoms with Gasteiger partial charge in [-0.2, -0.15) is 0 Å². The summed E-state index contributed by atoms with van der Waals surface area (Å²) < 4.78 is 0. The van der Waals surface area contributed by atoms with E-state index in [1.165, 1.54) is 44.9 Å². The summed E-state index contributed by atoms with van der Waals surface area (Å²) in [7, 11) is 0. The molecule has 2 N–H and O–H groups in total. The summed E-state index contributed by atoms with van der Waals surface area (Å²) in [6.45, 7) is 7.84. The van der Waals surface area contributed by atoms with Gasteiger partial charge in [0.1, 0.15) is 0 Å². The molecule has 2 fully saturated rings. The van der Waals surface area contributed by atoms with Crippen LogP contribution in [0, 0.1) is 11.3 Å². The molecule has 0 aromatic heterocycles. The van der Waals surface area contributed by atoms with Crippen LogP contribution in [0.25, 0.3) is 0 Å². The van der Waals surface area contributed by atoms with Crippen molar-refractivity contribution in [2.24, 2.45) is 11.3 Å². The van der Waals surface area contributed by atoms with E-state index in [2.05, 4.69) is 26.1 Å². The first-order chi connectivity index (χ1) is 8.92. The van der Waals surface area contributed by atoms with E-state index in [9.17, 15) is 5.11 Å². The van der Waals surface area contributed by atoms with Crippen LogP contribution in [0.1, 0.15) is 78.6 Å². The van der Waals surface area contributed by atoms with Crippen molar-refractivity contribution in [3.63, 3.8) is 0 Å².